The van der Waals surface area contributed by atoms with Crippen LogP contribution in [0.15, 0.2) is 76.7 Å². The third-order valence-electron chi connectivity index (χ3n) is 7.35. The van der Waals surface area contributed by atoms with Crippen LogP contribution in [0.25, 0.3) is 11.1 Å². The first-order valence-corrected chi connectivity index (χ1v) is 15.6. The molecule has 0 spiro atoms. The number of hydrogen-bond donors (Lipinski definition) is 0. The zero-order chi connectivity index (χ0) is 31.6. The second kappa shape index (κ2) is 15.7. The summed E-state index contributed by atoms with van der Waals surface area (Å²) in [6, 6.07) is 18.0. The van der Waals surface area contributed by atoms with E-state index in [4.69, 9.17) is 0 Å². The summed E-state index contributed by atoms with van der Waals surface area (Å²) in [5.74, 6) is -2.44. The molecule has 3 aromatic carbocycles. The van der Waals surface area contributed by atoms with Crippen molar-refractivity contribution in [3.63, 3.8) is 0 Å². The zero-order valence-electron chi connectivity index (χ0n) is 25.1. The highest BCUT2D eigenvalue weighted by Gasteiger charge is 2.20. The highest BCUT2D eigenvalue weighted by atomic mass is 32.2. The quantitative estimate of drug-likeness (QED) is 0.162. The molecule has 0 aliphatic heterocycles. The molecule has 0 fully saturated rings. The van der Waals surface area contributed by atoms with E-state index in [1.54, 1.807) is 24.0 Å². The van der Waals surface area contributed by atoms with Crippen LogP contribution in [0, 0.1) is 17.5 Å². The van der Waals surface area contributed by atoms with Crippen molar-refractivity contribution in [3.8, 4) is 11.1 Å². The molecule has 0 unspecified atom stereocenters. The summed E-state index contributed by atoms with van der Waals surface area (Å²) < 4.78 is 42.8. The van der Waals surface area contributed by atoms with E-state index >= 15 is 0 Å². The van der Waals surface area contributed by atoms with Gasteiger partial charge in [-0.2, -0.15) is 10.1 Å². The minimum absolute atomic E-state index is 0.00343. The van der Waals surface area contributed by atoms with E-state index < -0.39 is 17.2 Å². The Morgan fingerprint density at radius 1 is 0.886 bits per heavy atom. The van der Waals surface area contributed by atoms with Crippen molar-refractivity contribution in [3.05, 3.63) is 111 Å². The van der Waals surface area contributed by atoms with Crippen molar-refractivity contribution in [2.24, 2.45) is 0 Å². The van der Waals surface area contributed by atoms with Crippen molar-refractivity contribution in [2.45, 2.75) is 51.2 Å². The van der Waals surface area contributed by atoms with Crippen LogP contribution in [0.1, 0.15) is 37.6 Å². The molecular formula is C33H36F3N5O2S. The number of carbonyl (C=O) groups is 1. The van der Waals surface area contributed by atoms with Crippen molar-refractivity contribution < 1.29 is 18.0 Å². The SMILES string of the molecule is CCc1nn(CC(=O)N(CCN(CC)CC)Cc2ccc(-c3ccc(F)cc3)cc2)c(SCc2cccc(F)c2F)nc1=O. The van der Waals surface area contributed by atoms with Gasteiger partial charge in [-0.05, 0) is 54.4 Å². The lowest BCUT2D eigenvalue weighted by molar-refractivity contribution is -0.133. The third kappa shape index (κ3) is 8.57. The fraction of sp³-hybridized carbons (Fsp3) is 0.333. The van der Waals surface area contributed by atoms with Gasteiger partial charge in [0.1, 0.15) is 18.1 Å². The summed E-state index contributed by atoms with van der Waals surface area (Å²) in [5.41, 5.74) is 2.55. The van der Waals surface area contributed by atoms with E-state index in [1.807, 2.05) is 24.3 Å². The monoisotopic (exact) mass is 623 g/mol. The average molecular weight is 624 g/mol. The number of halogens is 3. The van der Waals surface area contributed by atoms with Crippen LogP contribution in [-0.4, -0.2) is 56.7 Å². The summed E-state index contributed by atoms with van der Waals surface area (Å²) >= 11 is 1.02. The molecule has 4 aromatic rings. The number of nitrogens with zero attached hydrogens (tertiary/aromatic N) is 5. The van der Waals surface area contributed by atoms with Crippen LogP contribution in [0.5, 0.6) is 0 Å². The normalized spacial score (nSPS) is 11.2. The van der Waals surface area contributed by atoms with Crippen LogP contribution in [0.3, 0.4) is 0 Å². The van der Waals surface area contributed by atoms with Gasteiger partial charge in [0, 0.05) is 31.0 Å². The second-order valence-corrected chi connectivity index (χ2v) is 11.1. The maximum atomic E-state index is 14.3. The van der Waals surface area contributed by atoms with Gasteiger partial charge in [-0.15, -0.1) is 0 Å². The number of likely N-dealkylation sites (N-methyl/N-ethyl adjacent to an activating group) is 1. The molecule has 0 radical (unpaired) electrons. The molecule has 1 amide bonds. The van der Waals surface area contributed by atoms with Crippen molar-refractivity contribution >= 4 is 17.7 Å². The van der Waals surface area contributed by atoms with Crippen LogP contribution in [0.2, 0.25) is 0 Å². The maximum Gasteiger partial charge on any atom is 0.295 e. The Balaban J connectivity index is 1.57. The smallest absolute Gasteiger partial charge is 0.295 e. The number of thioether (sulfide) groups is 1. The van der Waals surface area contributed by atoms with Crippen LogP contribution in [0.4, 0.5) is 13.2 Å². The van der Waals surface area contributed by atoms with Gasteiger partial charge in [0.05, 0.1) is 0 Å². The van der Waals surface area contributed by atoms with Crippen molar-refractivity contribution in [2.75, 3.05) is 26.2 Å². The molecule has 0 aliphatic rings. The predicted octanol–water partition coefficient (Wildman–Crippen LogP) is 5.95. The fourth-order valence-electron chi connectivity index (χ4n) is 4.66. The molecule has 7 nitrogen and oxygen atoms in total. The lowest BCUT2D eigenvalue weighted by Gasteiger charge is -2.27. The Bertz CT molecular complexity index is 1610. The molecule has 44 heavy (non-hydrogen) atoms. The number of amides is 1. The van der Waals surface area contributed by atoms with E-state index in [-0.39, 0.29) is 40.4 Å². The molecule has 0 atom stereocenters. The molecule has 4 rings (SSSR count). The maximum absolute atomic E-state index is 14.3. The molecular weight excluding hydrogens is 587 g/mol. The third-order valence-corrected chi connectivity index (χ3v) is 8.37. The molecule has 0 bridgehead atoms. The zero-order valence-corrected chi connectivity index (χ0v) is 25.9. The Morgan fingerprint density at radius 2 is 1.55 bits per heavy atom. The Morgan fingerprint density at radius 3 is 2.18 bits per heavy atom. The Hall–Kier alpha value is -3.96. The van der Waals surface area contributed by atoms with Gasteiger partial charge < -0.3 is 9.80 Å². The number of aryl methyl sites for hydroxylation is 1. The predicted molar refractivity (Wildman–Crippen MR) is 167 cm³/mol. The van der Waals surface area contributed by atoms with Crippen LogP contribution in [-0.2, 0) is 30.1 Å². The van der Waals surface area contributed by atoms with Gasteiger partial charge in [-0.3, -0.25) is 9.59 Å². The largest absolute Gasteiger partial charge is 0.335 e. The van der Waals surface area contributed by atoms with Gasteiger partial charge in [0.15, 0.2) is 16.8 Å². The van der Waals surface area contributed by atoms with E-state index in [9.17, 15) is 22.8 Å². The lowest BCUT2D eigenvalue weighted by atomic mass is 10.0. The first kappa shape index (κ1) is 32.9. The van der Waals surface area contributed by atoms with Crippen LogP contribution < -0.4 is 5.56 Å². The van der Waals surface area contributed by atoms with E-state index in [0.29, 0.717) is 26.1 Å². The van der Waals surface area contributed by atoms with Gasteiger partial charge in [0.2, 0.25) is 5.91 Å². The number of aromatic nitrogens is 3. The molecule has 0 aliphatic carbocycles. The number of hydrogen-bond acceptors (Lipinski definition) is 6. The van der Waals surface area contributed by atoms with E-state index in [2.05, 4.69) is 28.8 Å². The summed E-state index contributed by atoms with van der Waals surface area (Å²) in [4.78, 5) is 34.5. The summed E-state index contributed by atoms with van der Waals surface area (Å²) in [5, 5.41) is 4.57. The van der Waals surface area contributed by atoms with Gasteiger partial charge in [-0.25, -0.2) is 17.9 Å². The molecule has 1 heterocycles. The molecule has 0 saturated carbocycles. The standard InChI is InChI=1S/C33H36F3N5O2S/c1-4-29-32(43)37-33(44-22-26-8-7-9-28(35)31(26)36)41(38-29)21-30(42)40(19-18-39(5-2)6-3)20-23-10-12-24(13-11-23)25-14-16-27(34)17-15-25/h7-17H,4-6,18-22H2,1-3H3. The topological polar surface area (TPSA) is 71.3 Å². The Kier molecular flexibility index (Phi) is 11.7. The molecule has 1 aromatic heterocycles. The van der Waals surface area contributed by atoms with Crippen molar-refractivity contribution in [1.29, 1.82) is 0 Å². The minimum atomic E-state index is -0.962. The summed E-state index contributed by atoms with van der Waals surface area (Å²) in [7, 11) is 0. The molecule has 0 N–H and O–H groups in total. The number of benzene rings is 3. The number of carbonyl (C=O) groups excluding carboxylic acids is 1. The summed E-state index contributed by atoms with van der Waals surface area (Å²) in [6.45, 7) is 8.89. The van der Waals surface area contributed by atoms with Gasteiger partial charge in [0.25, 0.3) is 5.56 Å². The number of rotatable bonds is 14. The van der Waals surface area contributed by atoms with Gasteiger partial charge in [-0.1, -0.05) is 81.1 Å². The Labute approximate surface area is 259 Å². The first-order chi connectivity index (χ1) is 21.2. The minimum Gasteiger partial charge on any atom is -0.335 e. The lowest BCUT2D eigenvalue weighted by Crippen LogP contribution is -2.40. The van der Waals surface area contributed by atoms with Crippen molar-refractivity contribution in [1.82, 2.24) is 24.6 Å². The van der Waals surface area contributed by atoms with Gasteiger partial charge >= 0.3 is 0 Å². The first-order valence-electron chi connectivity index (χ1n) is 14.6. The van der Waals surface area contributed by atoms with E-state index in [1.165, 1.54) is 28.9 Å². The molecule has 0 saturated heterocycles. The highest BCUT2D eigenvalue weighted by molar-refractivity contribution is 7.98. The van der Waals surface area contributed by atoms with Crippen LogP contribution >= 0.6 is 11.8 Å². The fourth-order valence-corrected chi connectivity index (χ4v) is 5.57. The van der Waals surface area contributed by atoms with E-state index in [0.717, 1.165) is 47.6 Å². The summed E-state index contributed by atoms with van der Waals surface area (Å²) in [6.07, 6.45) is 0.329. The highest BCUT2D eigenvalue weighted by Crippen LogP contribution is 2.24. The average Bonchev–Trinajstić information content (AvgIpc) is 3.03. The molecule has 11 heteroatoms. The second-order valence-electron chi connectivity index (χ2n) is 10.2. The molecule has 232 valence electrons.